The lowest BCUT2D eigenvalue weighted by Crippen LogP contribution is -2.17. The van der Waals surface area contributed by atoms with Gasteiger partial charge in [-0.3, -0.25) is 4.79 Å². The number of thiocarbonyl (C=S) groups is 1. The van der Waals surface area contributed by atoms with Crippen molar-refractivity contribution in [2.24, 2.45) is 0 Å². The number of hydrogen-bond acceptors (Lipinski definition) is 5. The molecule has 0 aromatic heterocycles. The van der Waals surface area contributed by atoms with Gasteiger partial charge in [0.15, 0.2) is 0 Å². The predicted molar refractivity (Wildman–Crippen MR) is 66.1 cm³/mol. The Bertz CT molecular complexity index is 491. The van der Waals surface area contributed by atoms with E-state index in [1.165, 1.54) is 18.2 Å². The molecule has 0 atom stereocenters. The van der Waals surface area contributed by atoms with Gasteiger partial charge in [0.25, 0.3) is 5.91 Å². The van der Waals surface area contributed by atoms with E-state index in [2.05, 4.69) is 5.32 Å². The summed E-state index contributed by atoms with van der Waals surface area (Å²) < 4.78 is 0.403. The molecule has 16 heavy (non-hydrogen) atoms. The van der Waals surface area contributed by atoms with Crippen LogP contribution in [-0.2, 0) is 4.79 Å². The van der Waals surface area contributed by atoms with Crippen molar-refractivity contribution in [3.63, 3.8) is 0 Å². The maximum atomic E-state index is 11.3. The molecule has 1 heterocycles. The molecule has 0 radical (unpaired) electrons. The van der Waals surface area contributed by atoms with Gasteiger partial charge in [-0.2, -0.15) is 0 Å². The average Bonchev–Trinajstić information content (AvgIpc) is 2.43. The highest BCUT2D eigenvalue weighted by Gasteiger charge is 2.21. The minimum atomic E-state index is -0.266. The van der Waals surface area contributed by atoms with E-state index in [4.69, 9.17) is 12.2 Å². The van der Waals surface area contributed by atoms with Crippen molar-refractivity contribution in [3.8, 4) is 11.5 Å². The molecular weight excluding hydrogens is 246 g/mol. The van der Waals surface area contributed by atoms with Gasteiger partial charge >= 0.3 is 0 Å². The molecule has 6 heteroatoms. The first-order chi connectivity index (χ1) is 7.54. The summed E-state index contributed by atoms with van der Waals surface area (Å²) in [4.78, 5) is 11.8. The predicted octanol–water partition coefficient (Wildman–Crippen LogP) is 1.59. The number of aromatic hydroxyl groups is 2. The van der Waals surface area contributed by atoms with Crippen LogP contribution in [0.25, 0.3) is 6.08 Å². The van der Waals surface area contributed by atoms with Crippen LogP contribution in [0, 0.1) is 0 Å². The first-order valence-electron chi connectivity index (χ1n) is 4.32. The Morgan fingerprint density at radius 1 is 1.25 bits per heavy atom. The fourth-order valence-electron chi connectivity index (χ4n) is 1.27. The molecule has 1 aromatic carbocycles. The van der Waals surface area contributed by atoms with Crippen LogP contribution in [0.2, 0.25) is 0 Å². The summed E-state index contributed by atoms with van der Waals surface area (Å²) in [7, 11) is 0. The molecule has 4 nitrogen and oxygen atoms in total. The Morgan fingerprint density at radius 2 is 1.88 bits per heavy atom. The van der Waals surface area contributed by atoms with E-state index in [9.17, 15) is 15.0 Å². The number of nitrogens with one attached hydrogen (secondary N) is 1. The average molecular weight is 253 g/mol. The number of rotatable bonds is 1. The van der Waals surface area contributed by atoms with Crippen LogP contribution < -0.4 is 5.32 Å². The number of amides is 1. The van der Waals surface area contributed by atoms with Crippen molar-refractivity contribution < 1.29 is 15.0 Å². The molecule has 0 unspecified atom stereocenters. The van der Waals surface area contributed by atoms with E-state index in [1.807, 2.05) is 0 Å². The van der Waals surface area contributed by atoms with Crippen LogP contribution in [0.4, 0.5) is 0 Å². The third-order valence-corrected chi connectivity index (χ3v) is 3.03. The van der Waals surface area contributed by atoms with Crippen molar-refractivity contribution in [2.45, 2.75) is 0 Å². The molecule has 1 aliphatic heterocycles. The highest BCUT2D eigenvalue weighted by molar-refractivity contribution is 8.26. The highest BCUT2D eigenvalue weighted by Crippen LogP contribution is 2.28. The van der Waals surface area contributed by atoms with Gasteiger partial charge in [0.1, 0.15) is 15.8 Å². The van der Waals surface area contributed by atoms with Crippen molar-refractivity contribution in [1.82, 2.24) is 5.32 Å². The van der Waals surface area contributed by atoms with E-state index >= 15 is 0 Å². The maximum Gasteiger partial charge on any atom is 0.263 e. The van der Waals surface area contributed by atoms with Crippen molar-refractivity contribution in [3.05, 3.63) is 28.7 Å². The van der Waals surface area contributed by atoms with E-state index in [0.717, 1.165) is 11.8 Å². The number of thioether (sulfide) groups is 1. The number of carbonyl (C=O) groups excluding carboxylic acids is 1. The van der Waals surface area contributed by atoms with E-state index in [1.54, 1.807) is 6.08 Å². The third kappa shape index (κ3) is 2.34. The summed E-state index contributed by atoms with van der Waals surface area (Å²) >= 11 is 5.98. The molecule has 1 fully saturated rings. The van der Waals surface area contributed by atoms with Gasteiger partial charge in [-0.25, -0.2) is 0 Å². The minimum absolute atomic E-state index is 0.0576. The third-order valence-electron chi connectivity index (χ3n) is 1.86. The van der Waals surface area contributed by atoms with Crippen LogP contribution >= 0.6 is 24.0 Å². The molecule has 3 N–H and O–H groups in total. The zero-order valence-corrected chi connectivity index (χ0v) is 9.56. The Hall–Kier alpha value is -1.53. The second kappa shape index (κ2) is 4.15. The van der Waals surface area contributed by atoms with E-state index in [-0.39, 0.29) is 17.4 Å². The number of benzene rings is 1. The highest BCUT2D eigenvalue weighted by atomic mass is 32.2. The second-order valence-corrected chi connectivity index (χ2v) is 4.85. The normalized spacial score (nSPS) is 17.9. The summed E-state index contributed by atoms with van der Waals surface area (Å²) in [6, 6.07) is 4.11. The zero-order valence-electron chi connectivity index (χ0n) is 7.93. The van der Waals surface area contributed by atoms with Gasteiger partial charge in [0.05, 0.1) is 4.91 Å². The summed E-state index contributed by atoms with van der Waals surface area (Å²) in [6.07, 6.45) is 1.55. The van der Waals surface area contributed by atoms with Crippen LogP contribution in [0.3, 0.4) is 0 Å². The van der Waals surface area contributed by atoms with Crippen LogP contribution in [0.15, 0.2) is 23.1 Å². The Labute approximate surface area is 101 Å². The Morgan fingerprint density at radius 3 is 2.38 bits per heavy atom. The lowest BCUT2D eigenvalue weighted by molar-refractivity contribution is -0.115. The minimum Gasteiger partial charge on any atom is -0.508 e. The van der Waals surface area contributed by atoms with Gasteiger partial charge in [0.2, 0.25) is 0 Å². The number of phenols is 2. The van der Waals surface area contributed by atoms with Gasteiger partial charge in [-0.1, -0.05) is 24.0 Å². The van der Waals surface area contributed by atoms with Gasteiger partial charge < -0.3 is 15.5 Å². The molecule has 0 spiro atoms. The van der Waals surface area contributed by atoms with Gasteiger partial charge in [-0.05, 0) is 23.8 Å². The van der Waals surface area contributed by atoms with Crippen LogP contribution in [-0.4, -0.2) is 20.4 Å². The molecule has 1 aliphatic rings. The monoisotopic (exact) mass is 253 g/mol. The molecule has 1 saturated heterocycles. The molecule has 0 bridgehead atoms. The fraction of sp³-hybridized carbons (Fsp3) is 0. The molecule has 0 aliphatic carbocycles. The van der Waals surface area contributed by atoms with Crippen LogP contribution in [0.5, 0.6) is 11.5 Å². The largest absolute Gasteiger partial charge is 0.508 e. The molecule has 0 saturated carbocycles. The topological polar surface area (TPSA) is 69.6 Å². The van der Waals surface area contributed by atoms with Crippen molar-refractivity contribution >= 4 is 40.3 Å². The molecule has 2 rings (SSSR count). The smallest absolute Gasteiger partial charge is 0.263 e. The summed E-state index contributed by atoms with van der Waals surface area (Å²) in [5.41, 5.74) is 0.542. The summed E-state index contributed by atoms with van der Waals surface area (Å²) in [6.45, 7) is 0. The van der Waals surface area contributed by atoms with E-state index in [0.29, 0.717) is 14.8 Å². The van der Waals surface area contributed by atoms with Crippen molar-refractivity contribution in [2.75, 3.05) is 0 Å². The zero-order chi connectivity index (χ0) is 11.7. The molecular formula is C10H7NO3S2. The number of hydrogen-bond donors (Lipinski definition) is 3. The first kappa shape index (κ1) is 11.0. The lowest BCUT2D eigenvalue weighted by atomic mass is 10.2. The molecule has 1 aromatic rings. The molecule has 82 valence electrons. The first-order valence-corrected chi connectivity index (χ1v) is 5.55. The number of phenolic OH excluding ortho intramolecular Hbond substituents is 2. The maximum absolute atomic E-state index is 11.3. The standard InChI is InChI=1S/C10H7NO3S2/c12-6-1-5(2-7(13)4-6)3-8-9(14)11-10(15)16-8/h1-4,12-13H,(H,11,14,15)/b8-3-. The SMILES string of the molecule is O=C1NC(=S)S/C1=C\c1cc(O)cc(O)c1. The number of carbonyl (C=O) groups is 1. The fourth-order valence-corrected chi connectivity index (χ4v) is 2.32. The second-order valence-electron chi connectivity index (χ2n) is 3.13. The Balaban J connectivity index is 2.36. The van der Waals surface area contributed by atoms with Gasteiger partial charge in [-0.15, -0.1) is 0 Å². The molecule has 1 amide bonds. The van der Waals surface area contributed by atoms with Gasteiger partial charge in [0, 0.05) is 6.07 Å². The summed E-state index contributed by atoms with van der Waals surface area (Å²) in [5.74, 6) is -0.381. The van der Waals surface area contributed by atoms with E-state index < -0.39 is 0 Å². The summed E-state index contributed by atoms with van der Waals surface area (Å²) in [5, 5.41) is 21.0. The van der Waals surface area contributed by atoms with Crippen LogP contribution in [0.1, 0.15) is 5.56 Å². The quantitative estimate of drug-likeness (QED) is 0.524. The lowest BCUT2D eigenvalue weighted by Gasteiger charge is -1.98. The Kier molecular flexibility index (Phi) is 2.84. The van der Waals surface area contributed by atoms with Crippen molar-refractivity contribution in [1.29, 1.82) is 0 Å².